The van der Waals surface area contributed by atoms with Gasteiger partial charge in [-0.25, -0.2) is 23.2 Å². The Morgan fingerprint density at radius 2 is 1.93 bits per heavy atom. The van der Waals surface area contributed by atoms with Crippen LogP contribution in [0.5, 0.6) is 5.75 Å². The monoisotopic (exact) mass is 401 g/mol. The molecule has 0 unspecified atom stereocenters. The number of anilines is 1. The summed E-state index contributed by atoms with van der Waals surface area (Å²) >= 11 is 0. The summed E-state index contributed by atoms with van der Waals surface area (Å²) in [5, 5.41) is 12.2. The summed E-state index contributed by atoms with van der Waals surface area (Å²) < 4.78 is 29.9. The van der Waals surface area contributed by atoms with Gasteiger partial charge in [0.2, 0.25) is 10.0 Å². The number of sulfonamides is 1. The van der Waals surface area contributed by atoms with Crippen LogP contribution in [0.2, 0.25) is 0 Å². The van der Waals surface area contributed by atoms with E-state index in [2.05, 4.69) is 15.4 Å². The maximum absolute atomic E-state index is 12.6. The Balaban J connectivity index is 1.86. The number of methoxy groups -OCH3 is 1. The van der Waals surface area contributed by atoms with Gasteiger partial charge in [-0.15, -0.1) is 0 Å². The Kier molecular flexibility index (Phi) is 5.16. The lowest BCUT2D eigenvalue weighted by atomic mass is 10.2. The molecule has 10 heteroatoms. The number of primary sulfonamides is 1. The van der Waals surface area contributed by atoms with Crippen LogP contribution in [0, 0.1) is 13.8 Å². The van der Waals surface area contributed by atoms with Crippen LogP contribution < -0.4 is 15.2 Å². The van der Waals surface area contributed by atoms with E-state index >= 15 is 0 Å². The molecule has 3 aromatic rings. The predicted molar refractivity (Wildman–Crippen MR) is 103 cm³/mol. The second-order valence-corrected chi connectivity index (χ2v) is 7.67. The molecule has 0 aliphatic rings. The van der Waals surface area contributed by atoms with Gasteiger partial charge < -0.3 is 10.1 Å². The number of amides is 1. The van der Waals surface area contributed by atoms with Gasteiger partial charge in [0, 0.05) is 5.69 Å². The number of aromatic nitrogens is 3. The number of nitrogens with zero attached hydrogens (tertiary/aromatic N) is 3. The number of nitrogens with two attached hydrogens (primary N) is 1. The number of carbonyl (C=O) groups is 1. The van der Waals surface area contributed by atoms with E-state index in [0.29, 0.717) is 11.5 Å². The lowest BCUT2D eigenvalue weighted by molar-refractivity contribution is 0.102. The molecular formula is C18H19N5O4S. The Morgan fingerprint density at radius 1 is 1.18 bits per heavy atom. The molecule has 0 spiro atoms. The first-order valence-corrected chi connectivity index (χ1v) is 9.75. The first-order valence-electron chi connectivity index (χ1n) is 8.21. The first-order chi connectivity index (χ1) is 13.2. The van der Waals surface area contributed by atoms with Gasteiger partial charge in [0.05, 0.1) is 35.1 Å². The Bertz CT molecular complexity index is 1140. The zero-order valence-corrected chi connectivity index (χ0v) is 16.3. The third-order valence-corrected chi connectivity index (χ3v) is 4.89. The molecule has 1 aromatic carbocycles. The van der Waals surface area contributed by atoms with Gasteiger partial charge >= 0.3 is 0 Å². The quantitative estimate of drug-likeness (QED) is 0.670. The van der Waals surface area contributed by atoms with Crippen molar-refractivity contribution in [3.05, 3.63) is 59.5 Å². The number of hydrogen-bond acceptors (Lipinski definition) is 6. The summed E-state index contributed by atoms with van der Waals surface area (Å²) in [6.45, 7) is 3.81. The van der Waals surface area contributed by atoms with Gasteiger partial charge in [0.25, 0.3) is 5.91 Å². The number of benzene rings is 1. The maximum atomic E-state index is 12.6. The summed E-state index contributed by atoms with van der Waals surface area (Å²) in [5.74, 6) is 0.275. The number of carbonyl (C=O) groups excluding carboxylic acids is 1. The molecule has 0 bridgehead atoms. The second kappa shape index (κ2) is 7.41. The molecule has 0 fully saturated rings. The van der Waals surface area contributed by atoms with Crippen LogP contribution in [0.4, 0.5) is 5.69 Å². The topological polar surface area (TPSA) is 129 Å². The fourth-order valence-electron chi connectivity index (χ4n) is 2.69. The second-order valence-electron chi connectivity index (χ2n) is 6.11. The number of nitrogens with one attached hydrogen (secondary N) is 1. The molecule has 0 aliphatic heterocycles. The molecule has 3 N–H and O–H groups in total. The average molecular weight is 401 g/mol. The molecule has 9 nitrogen and oxygen atoms in total. The number of rotatable bonds is 5. The van der Waals surface area contributed by atoms with E-state index in [-0.39, 0.29) is 16.2 Å². The molecule has 2 heterocycles. The molecule has 1 amide bonds. The van der Waals surface area contributed by atoms with Crippen molar-refractivity contribution in [2.45, 2.75) is 18.7 Å². The van der Waals surface area contributed by atoms with E-state index in [0.717, 1.165) is 11.4 Å². The summed E-state index contributed by atoms with van der Waals surface area (Å²) in [5.41, 5.74) is 2.28. The highest BCUT2D eigenvalue weighted by Crippen LogP contribution is 2.23. The van der Waals surface area contributed by atoms with E-state index in [4.69, 9.17) is 9.88 Å². The summed E-state index contributed by atoms with van der Waals surface area (Å²) in [7, 11) is -2.57. The van der Waals surface area contributed by atoms with Crippen molar-refractivity contribution >= 4 is 21.6 Å². The number of pyridine rings is 1. The normalized spacial score (nSPS) is 11.3. The minimum atomic E-state index is -3.95. The van der Waals surface area contributed by atoms with Gasteiger partial charge in [-0.05, 0) is 50.2 Å². The third-order valence-electron chi connectivity index (χ3n) is 3.98. The maximum Gasteiger partial charge on any atom is 0.259 e. The van der Waals surface area contributed by atoms with Gasteiger partial charge in [-0.3, -0.25) is 4.79 Å². The van der Waals surface area contributed by atoms with E-state index in [1.165, 1.54) is 31.5 Å². The molecule has 146 valence electrons. The van der Waals surface area contributed by atoms with E-state index in [1.54, 1.807) is 16.8 Å². The number of ether oxygens (including phenoxy) is 1. The molecule has 0 saturated heterocycles. The largest absolute Gasteiger partial charge is 0.496 e. The third kappa shape index (κ3) is 4.02. The van der Waals surface area contributed by atoms with E-state index in [1.807, 2.05) is 19.9 Å². The summed E-state index contributed by atoms with van der Waals surface area (Å²) in [6, 6.07) is 9.14. The van der Waals surface area contributed by atoms with Crippen molar-refractivity contribution in [2.75, 3.05) is 12.4 Å². The molecular weight excluding hydrogens is 382 g/mol. The molecule has 0 atom stereocenters. The van der Waals surface area contributed by atoms with Crippen LogP contribution in [-0.4, -0.2) is 36.2 Å². The zero-order valence-electron chi connectivity index (χ0n) is 15.5. The highest BCUT2D eigenvalue weighted by atomic mass is 32.2. The van der Waals surface area contributed by atoms with Crippen LogP contribution >= 0.6 is 0 Å². The fourth-order valence-corrected chi connectivity index (χ4v) is 3.23. The average Bonchev–Trinajstić information content (AvgIpc) is 2.99. The molecule has 0 radical (unpaired) electrons. The summed E-state index contributed by atoms with van der Waals surface area (Å²) in [6.07, 6.45) is 1.49. The van der Waals surface area contributed by atoms with Gasteiger partial charge in [0.1, 0.15) is 5.75 Å². The Labute approximate surface area is 162 Å². The molecule has 0 aliphatic carbocycles. The SMILES string of the molecule is COc1ccc(S(N)(=O)=O)cc1C(=O)Nc1ccc(-n2nc(C)cc2C)nc1. The minimum absolute atomic E-state index is 0.0386. The van der Waals surface area contributed by atoms with Crippen molar-refractivity contribution in [1.29, 1.82) is 0 Å². The van der Waals surface area contributed by atoms with E-state index in [9.17, 15) is 13.2 Å². The first kappa shape index (κ1) is 19.5. The Morgan fingerprint density at radius 3 is 2.46 bits per heavy atom. The lowest BCUT2D eigenvalue weighted by Crippen LogP contribution is -2.17. The fraction of sp³-hybridized carbons (Fsp3) is 0.167. The van der Waals surface area contributed by atoms with Crippen molar-refractivity contribution in [3.8, 4) is 11.6 Å². The van der Waals surface area contributed by atoms with Crippen LogP contribution in [0.25, 0.3) is 5.82 Å². The van der Waals surface area contributed by atoms with Crippen molar-refractivity contribution in [1.82, 2.24) is 14.8 Å². The molecule has 0 saturated carbocycles. The van der Waals surface area contributed by atoms with Crippen LogP contribution in [0.3, 0.4) is 0 Å². The Hall–Kier alpha value is -3.24. The highest BCUT2D eigenvalue weighted by molar-refractivity contribution is 7.89. The molecule has 3 rings (SSSR count). The summed E-state index contributed by atoms with van der Waals surface area (Å²) in [4.78, 5) is 16.7. The smallest absolute Gasteiger partial charge is 0.259 e. The highest BCUT2D eigenvalue weighted by Gasteiger charge is 2.18. The van der Waals surface area contributed by atoms with Gasteiger partial charge in [-0.1, -0.05) is 0 Å². The molecule has 2 aromatic heterocycles. The van der Waals surface area contributed by atoms with Crippen LogP contribution in [0.1, 0.15) is 21.7 Å². The van der Waals surface area contributed by atoms with Gasteiger partial charge in [-0.2, -0.15) is 5.10 Å². The standard InChI is InChI=1S/C18H19N5O4S/c1-11-8-12(2)23(22-11)17-7-4-13(10-20-17)21-18(24)15-9-14(28(19,25)26)5-6-16(15)27-3/h4-10H,1-3H3,(H,21,24)(H2,19,25,26). The van der Waals surface area contributed by atoms with Crippen LogP contribution in [-0.2, 0) is 10.0 Å². The minimum Gasteiger partial charge on any atom is -0.496 e. The van der Waals surface area contributed by atoms with Crippen LogP contribution in [0.15, 0.2) is 47.5 Å². The van der Waals surface area contributed by atoms with E-state index < -0.39 is 15.9 Å². The predicted octanol–water partition coefficient (Wildman–Crippen LogP) is 1.79. The van der Waals surface area contributed by atoms with Crippen molar-refractivity contribution < 1.29 is 17.9 Å². The van der Waals surface area contributed by atoms with Crippen molar-refractivity contribution in [3.63, 3.8) is 0 Å². The molecule has 28 heavy (non-hydrogen) atoms. The lowest BCUT2D eigenvalue weighted by Gasteiger charge is -2.11. The number of hydrogen-bond donors (Lipinski definition) is 2. The number of aryl methyl sites for hydroxylation is 2. The van der Waals surface area contributed by atoms with Crippen molar-refractivity contribution in [2.24, 2.45) is 5.14 Å². The zero-order chi connectivity index (χ0) is 20.5. The van der Waals surface area contributed by atoms with Gasteiger partial charge in [0.15, 0.2) is 5.82 Å².